The third-order valence-corrected chi connectivity index (χ3v) is 4.38. The highest BCUT2D eigenvalue weighted by Crippen LogP contribution is 2.27. The Balaban J connectivity index is 1.56. The molecule has 0 aliphatic carbocycles. The van der Waals surface area contributed by atoms with Crippen LogP contribution in [-0.2, 0) is 0 Å². The molecule has 1 aliphatic rings. The van der Waals surface area contributed by atoms with Gasteiger partial charge in [-0.15, -0.1) is 0 Å². The lowest BCUT2D eigenvalue weighted by molar-refractivity contribution is 0.415. The molecule has 0 unspecified atom stereocenters. The van der Waals surface area contributed by atoms with E-state index in [0.29, 0.717) is 0 Å². The summed E-state index contributed by atoms with van der Waals surface area (Å²) in [6, 6.07) is 12.0. The minimum atomic E-state index is 0.812. The minimum Gasteiger partial charge on any atom is -0.497 e. The lowest BCUT2D eigenvalue weighted by Gasteiger charge is -2.36. The molecular formula is C18H19N5O. The SMILES string of the molecule is COc1ccc2c(N3CCN(c4ccccn4)CC3)ncnc2c1. The molecule has 1 saturated heterocycles. The summed E-state index contributed by atoms with van der Waals surface area (Å²) in [4.78, 5) is 18.0. The molecule has 6 nitrogen and oxygen atoms in total. The van der Waals surface area contributed by atoms with Crippen molar-refractivity contribution in [3.05, 3.63) is 48.9 Å². The lowest BCUT2D eigenvalue weighted by Crippen LogP contribution is -2.47. The Bertz CT molecular complexity index is 831. The molecule has 24 heavy (non-hydrogen) atoms. The Labute approximate surface area is 140 Å². The van der Waals surface area contributed by atoms with Gasteiger partial charge in [0.1, 0.15) is 23.7 Å². The summed E-state index contributed by atoms with van der Waals surface area (Å²) >= 11 is 0. The number of pyridine rings is 1. The molecule has 1 fully saturated rings. The van der Waals surface area contributed by atoms with E-state index in [9.17, 15) is 0 Å². The number of hydrogen-bond donors (Lipinski definition) is 0. The quantitative estimate of drug-likeness (QED) is 0.738. The Morgan fingerprint density at radius 3 is 2.50 bits per heavy atom. The van der Waals surface area contributed by atoms with Crippen molar-refractivity contribution in [3.63, 3.8) is 0 Å². The summed E-state index contributed by atoms with van der Waals surface area (Å²) in [5.41, 5.74) is 0.909. The van der Waals surface area contributed by atoms with Gasteiger partial charge < -0.3 is 14.5 Å². The molecule has 3 aromatic rings. The van der Waals surface area contributed by atoms with Crippen molar-refractivity contribution in [3.8, 4) is 5.75 Å². The molecule has 4 rings (SSSR count). The number of aromatic nitrogens is 3. The van der Waals surface area contributed by atoms with Crippen LogP contribution in [-0.4, -0.2) is 48.2 Å². The van der Waals surface area contributed by atoms with E-state index < -0.39 is 0 Å². The number of nitrogens with zero attached hydrogens (tertiary/aromatic N) is 5. The summed E-state index contributed by atoms with van der Waals surface area (Å²) in [5, 5.41) is 1.06. The van der Waals surface area contributed by atoms with Crippen LogP contribution in [0.15, 0.2) is 48.9 Å². The van der Waals surface area contributed by atoms with Gasteiger partial charge in [-0.2, -0.15) is 0 Å². The van der Waals surface area contributed by atoms with Crippen molar-refractivity contribution in [1.82, 2.24) is 15.0 Å². The number of methoxy groups -OCH3 is 1. The van der Waals surface area contributed by atoms with Crippen LogP contribution in [0.4, 0.5) is 11.6 Å². The van der Waals surface area contributed by atoms with Gasteiger partial charge in [-0.25, -0.2) is 15.0 Å². The standard InChI is InChI=1S/C18H19N5O/c1-24-14-5-6-15-16(12-14)20-13-21-18(15)23-10-8-22(9-11-23)17-4-2-3-7-19-17/h2-7,12-13H,8-11H2,1H3. The van der Waals surface area contributed by atoms with E-state index in [4.69, 9.17) is 4.74 Å². The van der Waals surface area contributed by atoms with Crippen molar-refractivity contribution >= 4 is 22.5 Å². The molecule has 122 valence electrons. The topological polar surface area (TPSA) is 54.4 Å². The van der Waals surface area contributed by atoms with E-state index in [1.54, 1.807) is 13.4 Å². The van der Waals surface area contributed by atoms with Crippen LogP contribution in [0.25, 0.3) is 10.9 Å². The van der Waals surface area contributed by atoms with Crippen LogP contribution in [0.3, 0.4) is 0 Å². The predicted octanol–water partition coefficient (Wildman–Crippen LogP) is 2.36. The monoisotopic (exact) mass is 321 g/mol. The van der Waals surface area contributed by atoms with E-state index in [2.05, 4.69) is 30.8 Å². The van der Waals surface area contributed by atoms with Gasteiger partial charge in [-0.05, 0) is 24.3 Å². The second-order valence-electron chi connectivity index (χ2n) is 5.74. The molecule has 1 aliphatic heterocycles. The molecule has 0 spiro atoms. The number of anilines is 2. The number of hydrogen-bond acceptors (Lipinski definition) is 6. The zero-order chi connectivity index (χ0) is 16.4. The van der Waals surface area contributed by atoms with Crippen molar-refractivity contribution < 1.29 is 4.74 Å². The maximum absolute atomic E-state index is 5.28. The average molecular weight is 321 g/mol. The van der Waals surface area contributed by atoms with Gasteiger partial charge in [0.2, 0.25) is 0 Å². The molecule has 0 bridgehead atoms. The second-order valence-corrected chi connectivity index (χ2v) is 5.74. The van der Waals surface area contributed by atoms with Crippen LogP contribution < -0.4 is 14.5 Å². The van der Waals surface area contributed by atoms with Gasteiger partial charge in [0, 0.05) is 43.8 Å². The molecule has 0 saturated carbocycles. The van der Waals surface area contributed by atoms with E-state index in [0.717, 1.165) is 54.5 Å². The fourth-order valence-electron chi connectivity index (χ4n) is 3.09. The normalized spacial score (nSPS) is 14.9. The first-order valence-electron chi connectivity index (χ1n) is 8.05. The molecule has 6 heteroatoms. The smallest absolute Gasteiger partial charge is 0.140 e. The highest BCUT2D eigenvalue weighted by atomic mass is 16.5. The van der Waals surface area contributed by atoms with Crippen LogP contribution in [0, 0.1) is 0 Å². The highest BCUT2D eigenvalue weighted by molar-refractivity contribution is 5.90. The van der Waals surface area contributed by atoms with Gasteiger partial charge in [0.15, 0.2) is 0 Å². The summed E-state index contributed by atoms with van der Waals surface area (Å²) in [5.74, 6) is 2.84. The van der Waals surface area contributed by atoms with Crippen molar-refractivity contribution in [2.24, 2.45) is 0 Å². The van der Waals surface area contributed by atoms with Crippen LogP contribution in [0.2, 0.25) is 0 Å². The second kappa shape index (κ2) is 6.31. The van der Waals surface area contributed by atoms with E-state index in [1.165, 1.54) is 0 Å². The first-order valence-corrected chi connectivity index (χ1v) is 8.05. The summed E-state index contributed by atoms with van der Waals surface area (Å²) in [6.45, 7) is 3.68. The number of rotatable bonds is 3. The molecule has 0 amide bonds. The van der Waals surface area contributed by atoms with Crippen LogP contribution >= 0.6 is 0 Å². The Kier molecular flexibility index (Phi) is 3.86. The van der Waals surface area contributed by atoms with Gasteiger partial charge in [-0.3, -0.25) is 0 Å². The molecule has 0 N–H and O–H groups in total. The minimum absolute atomic E-state index is 0.812. The maximum Gasteiger partial charge on any atom is 0.140 e. The van der Waals surface area contributed by atoms with Crippen molar-refractivity contribution in [2.45, 2.75) is 0 Å². The van der Waals surface area contributed by atoms with Crippen molar-refractivity contribution in [2.75, 3.05) is 43.1 Å². The Morgan fingerprint density at radius 2 is 1.75 bits per heavy atom. The van der Waals surface area contributed by atoms with Gasteiger partial charge in [-0.1, -0.05) is 6.07 Å². The first-order chi connectivity index (χ1) is 11.8. The molecule has 0 atom stereocenters. The van der Waals surface area contributed by atoms with E-state index in [-0.39, 0.29) is 0 Å². The number of ether oxygens (including phenoxy) is 1. The third-order valence-electron chi connectivity index (χ3n) is 4.38. The highest BCUT2D eigenvalue weighted by Gasteiger charge is 2.20. The van der Waals surface area contributed by atoms with Gasteiger partial charge in [0.05, 0.1) is 12.6 Å². The molecule has 2 aromatic heterocycles. The maximum atomic E-state index is 5.28. The van der Waals surface area contributed by atoms with Crippen LogP contribution in [0.1, 0.15) is 0 Å². The summed E-state index contributed by atoms with van der Waals surface area (Å²) < 4.78 is 5.28. The Hall–Kier alpha value is -2.89. The Morgan fingerprint density at radius 1 is 0.917 bits per heavy atom. The zero-order valence-electron chi connectivity index (χ0n) is 13.6. The van der Waals surface area contributed by atoms with Gasteiger partial charge in [0.25, 0.3) is 0 Å². The predicted molar refractivity (Wildman–Crippen MR) is 94.8 cm³/mol. The lowest BCUT2D eigenvalue weighted by atomic mass is 10.2. The number of piperazine rings is 1. The molecule has 1 aromatic carbocycles. The average Bonchev–Trinajstić information content (AvgIpc) is 2.68. The third kappa shape index (κ3) is 2.71. The summed E-state index contributed by atoms with van der Waals surface area (Å²) in [7, 11) is 1.67. The van der Waals surface area contributed by atoms with E-state index >= 15 is 0 Å². The zero-order valence-corrected chi connectivity index (χ0v) is 13.6. The fraction of sp³-hybridized carbons (Fsp3) is 0.278. The van der Waals surface area contributed by atoms with Crippen LogP contribution in [0.5, 0.6) is 5.75 Å². The number of benzene rings is 1. The van der Waals surface area contributed by atoms with Crippen molar-refractivity contribution in [1.29, 1.82) is 0 Å². The fourth-order valence-corrected chi connectivity index (χ4v) is 3.09. The molecular weight excluding hydrogens is 302 g/mol. The first kappa shape index (κ1) is 14.7. The largest absolute Gasteiger partial charge is 0.497 e. The molecule has 0 radical (unpaired) electrons. The molecule has 3 heterocycles. The van der Waals surface area contributed by atoms with E-state index in [1.807, 2.05) is 36.5 Å². The number of fused-ring (bicyclic) bond motifs is 1. The van der Waals surface area contributed by atoms with Gasteiger partial charge >= 0.3 is 0 Å². The summed E-state index contributed by atoms with van der Waals surface area (Å²) in [6.07, 6.45) is 3.47.